The number of carboxylic acids is 1. The third-order valence-electron chi connectivity index (χ3n) is 2.91. The summed E-state index contributed by atoms with van der Waals surface area (Å²) in [6.45, 7) is 2.04. The molecule has 116 valence electrons. The molecule has 0 saturated carbocycles. The van der Waals surface area contributed by atoms with Crippen molar-refractivity contribution in [1.82, 2.24) is 9.80 Å². The Hall–Kier alpha value is -0.960. The number of thioether (sulfide) groups is 1. The van der Waals surface area contributed by atoms with Crippen LogP contribution in [0.3, 0.4) is 0 Å². The van der Waals surface area contributed by atoms with Crippen molar-refractivity contribution in [1.29, 1.82) is 0 Å². The maximum atomic E-state index is 12.4. The minimum absolute atomic E-state index is 0.297. The van der Waals surface area contributed by atoms with Crippen molar-refractivity contribution in [2.24, 2.45) is 0 Å². The zero-order valence-electron chi connectivity index (χ0n) is 11.6. The van der Waals surface area contributed by atoms with E-state index in [0.29, 0.717) is 31.0 Å². The highest BCUT2D eigenvalue weighted by atomic mass is 32.2. The number of hydrogen-bond acceptors (Lipinski definition) is 5. The Labute approximate surface area is 123 Å². The highest BCUT2D eigenvalue weighted by molar-refractivity contribution is 8.00. The molecule has 9 heteroatoms. The van der Waals surface area contributed by atoms with Crippen LogP contribution in [0.5, 0.6) is 0 Å². The topological polar surface area (TPSA) is 95.0 Å². The molecule has 2 amide bonds. The number of carbonyl (C=O) groups excluding carboxylic acids is 1. The molecule has 20 heavy (non-hydrogen) atoms. The number of carboxylic acid groups (broad SMARTS) is 1. The van der Waals surface area contributed by atoms with E-state index >= 15 is 0 Å². The van der Waals surface area contributed by atoms with E-state index in [1.165, 1.54) is 21.6 Å². The van der Waals surface area contributed by atoms with Gasteiger partial charge in [-0.05, 0) is 6.42 Å². The van der Waals surface area contributed by atoms with Gasteiger partial charge in [-0.1, -0.05) is 6.92 Å². The molecule has 7 nitrogen and oxygen atoms in total. The Bertz CT molecular complexity index is 465. The van der Waals surface area contributed by atoms with Crippen LogP contribution in [0, 0.1) is 0 Å². The van der Waals surface area contributed by atoms with Crippen LogP contribution in [0.2, 0.25) is 0 Å². The standard InChI is InChI=1S/C11H20N2O5S2/c1-3-4-12(7-10(14)15)11(16)13-5-6-19-8-9(13)20(2,17)18/h9H,3-8H2,1-2H3,(H,14,15). The van der Waals surface area contributed by atoms with E-state index in [2.05, 4.69) is 0 Å². The Morgan fingerprint density at radius 3 is 2.60 bits per heavy atom. The summed E-state index contributed by atoms with van der Waals surface area (Å²) in [5.41, 5.74) is 0. The number of carbonyl (C=O) groups is 2. The van der Waals surface area contributed by atoms with Crippen LogP contribution >= 0.6 is 11.8 Å². The molecule has 1 aliphatic heterocycles. The fourth-order valence-electron chi connectivity index (χ4n) is 2.01. The fraction of sp³-hybridized carbons (Fsp3) is 0.818. The molecule has 1 N–H and O–H groups in total. The number of hydrogen-bond donors (Lipinski definition) is 1. The fourth-order valence-corrected chi connectivity index (χ4v) is 4.82. The summed E-state index contributed by atoms with van der Waals surface area (Å²) in [6.07, 6.45) is 1.72. The van der Waals surface area contributed by atoms with Gasteiger partial charge in [0.15, 0.2) is 9.84 Å². The number of aliphatic carboxylic acids is 1. The monoisotopic (exact) mass is 324 g/mol. The molecule has 0 spiro atoms. The Balaban J connectivity index is 2.92. The molecule has 1 unspecified atom stereocenters. The summed E-state index contributed by atoms with van der Waals surface area (Å²) in [6, 6.07) is -0.509. The van der Waals surface area contributed by atoms with Crippen molar-refractivity contribution in [3.05, 3.63) is 0 Å². The molecular weight excluding hydrogens is 304 g/mol. The maximum absolute atomic E-state index is 12.4. The van der Waals surface area contributed by atoms with E-state index in [4.69, 9.17) is 5.11 Å². The molecule has 1 rings (SSSR count). The van der Waals surface area contributed by atoms with Crippen LogP contribution in [0.15, 0.2) is 0 Å². The van der Waals surface area contributed by atoms with Crippen molar-refractivity contribution in [2.45, 2.75) is 18.7 Å². The van der Waals surface area contributed by atoms with Gasteiger partial charge in [0, 0.05) is 30.9 Å². The summed E-state index contributed by atoms with van der Waals surface area (Å²) in [5.74, 6) is -0.114. The molecule has 0 aromatic heterocycles. The second kappa shape index (κ2) is 7.16. The highest BCUT2D eigenvalue weighted by Gasteiger charge is 2.36. The third kappa shape index (κ3) is 4.55. The first-order chi connectivity index (χ1) is 9.27. The average Bonchev–Trinajstić information content (AvgIpc) is 2.36. The van der Waals surface area contributed by atoms with Gasteiger partial charge in [-0.15, -0.1) is 0 Å². The molecular formula is C11H20N2O5S2. The van der Waals surface area contributed by atoms with Crippen LogP contribution in [-0.2, 0) is 14.6 Å². The smallest absolute Gasteiger partial charge is 0.323 e. The molecule has 1 atom stereocenters. The maximum Gasteiger partial charge on any atom is 0.323 e. The molecule has 0 aromatic carbocycles. The predicted molar refractivity (Wildman–Crippen MR) is 77.6 cm³/mol. The molecule has 0 bridgehead atoms. The van der Waals surface area contributed by atoms with Gasteiger partial charge < -0.3 is 14.9 Å². The van der Waals surface area contributed by atoms with Gasteiger partial charge in [0.1, 0.15) is 11.9 Å². The summed E-state index contributed by atoms with van der Waals surface area (Å²) >= 11 is 1.48. The molecule has 0 aliphatic carbocycles. The lowest BCUT2D eigenvalue weighted by Gasteiger charge is -2.37. The molecule has 0 radical (unpaired) electrons. The normalized spacial score (nSPS) is 19.7. The number of amides is 2. The Kier molecular flexibility index (Phi) is 6.12. The van der Waals surface area contributed by atoms with Gasteiger partial charge in [0.25, 0.3) is 0 Å². The number of sulfone groups is 1. The second-order valence-electron chi connectivity index (χ2n) is 4.65. The van der Waals surface area contributed by atoms with E-state index in [1.54, 1.807) is 0 Å². The molecule has 1 aliphatic rings. The van der Waals surface area contributed by atoms with E-state index < -0.39 is 33.8 Å². The lowest BCUT2D eigenvalue weighted by Crippen LogP contribution is -2.55. The van der Waals surface area contributed by atoms with Gasteiger partial charge in [-0.3, -0.25) is 4.79 Å². The van der Waals surface area contributed by atoms with Gasteiger partial charge in [0.2, 0.25) is 0 Å². The van der Waals surface area contributed by atoms with Crippen LogP contribution in [0.25, 0.3) is 0 Å². The number of nitrogens with zero attached hydrogens (tertiary/aromatic N) is 2. The zero-order chi connectivity index (χ0) is 15.3. The SMILES string of the molecule is CCCN(CC(=O)O)C(=O)N1CCSCC1S(C)(=O)=O. The van der Waals surface area contributed by atoms with Crippen LogP contribution < -0.4 is 0 Å². The van der Waals surface area contributed by atoms with E-state index in [-0.39, 0.29) is 0 Å². The predicted octanol–water partition coefficient (Wildman–Crippen LogP) is 0.323. The van der Waals surface area contributed by atoms with Crippen LogP contribution in [0.4, 0.5) is 4.79 Å². The average molecular weight is 324 g/mol. The third-order valence-corrected chi connectivity index (χ3v) is 5.56. The number of rotatable bonds is 5. The summed E-state index contributed by atoms with van der Waals surface area (Å²) < 4.78 is 23.5. The van der Waals surface area contributed by atoms with Gasteiger partial charge >= 0.3 is 12.0 Å². The van der Waals surface area contributed by atoms with Crippen molar-refractivity contribution < 1.29 is 23.1 Å². The zero-order valence-corrected chi connectivity index (χ0v) is 13.2. The minimum Gasteiger partial charge on any atom is -0.480 e. The van der Waals surface area contributed by atoms with Crippen molar-refractivity contribution >= 4 is 33.6 Å². The summed E-state index contributed by atoms with van der Waals surface area (Å²) in [4.78, 5) is 25.7. The van der Waals surface area contributed by atoms with E-state index in [1.807, 2.05) is 6.92 Å². The van der Waals surface area contributed by atoms with Crippen LogP contribution in [-0.4, -0.2) is 78.1 Å². The largest absolute Gasteiger partial charge is 0.480 e. The summed E-state index contributed by atoms with van der Waals surface area (Å²) in [7, 11) is -3.39. The van der Waals surface area contributed by atoms with Gasteiger partial charge in [0.05, 0.1) is 0 Å². The molecule has 1 heterocycles. The Morgan fingerprint density at radius 1 is 1.45 bits per heavy atom. The summed E-state index contributed by atoms with van der Waals surface area (Å²) in [5, 5.41) is 7.98. The van der Waals surface area contributed by atoms with Gasteiger partial charge in [-0.2, -0.15) is 11.8 Å². The van der Waals surface area contributed by atoms with Gasteiger partial charge in [-0.25, -0.2) is 13.2 Å². The lowest BCUT2D eigenvalue weighted by atomic mass is 10.4. The molecule has 1 fully saturated rings. The molecule has 0 aromatic rings. The van der Waals surface area contributed by atoms with Crippen molar-refractivity contribution in [2.75, 3.05) is 37.4 Å². The highest BCUT2D eigenvalue weighted by Crippen LogP contribution is 2.21. The number of urea groups is 1. The van der Waals surface area contributed by atoms with Crippen LogP contribution in [0.1, 0.15) is 13.3 Å². The lowest BCUT2D eigenvalue weighted by molar-refractivity contribution is -0.137. The second-order valence-corrected chi connectivity index (χ2v) is 8.00. The van der Waals surface area contributed by atoms with E-state index in [9.17, 15) is 18.0 Å². The minimum atomic E-state index is -3.39. The quantitative estimate of drug-likeness (QED) is 0.783. The molecule has 1 saturated heterocycles. The van der Waals surface area contributed by atoms with E-state index in [0.717, 1.165) is 6.26 Å². The Morgan fingerprint density at radius 2 is 2.10 bits per heavy atom. The first kappa shape index (κ1) is 17.1. The first-order valence-corrected chi connectivity index (χ1v) is 9.42. The van der Waals surface area contributed by atoms with Crippen molar-refractivity contribution in [3.63, 3.8) is 0 Å². The van der Waals surface area contributed by atoms with Crippen molar-refractivity contribution in [3.8, 4) is 0 Å². The first-order valence-electron chi connectivity index (χ1n) is 6.31.